The standard InChI is InChI=1S/C13H8Cl2O3/c14-8-3-1-7(2-4-8)13(18)9-5-10(15)12(17)6-11(9)16/h1-6,16-17H. The van der Waals surface area contributed by atoms with E-state index in [1.807, 2.05) is 0 Å². The highest BCUT2D eigenvalue weighted by Gasteiger charge is 2.16. The van der Waals surface area contributed by atoms with Crippen molar-refractivity contribution in [1.82, 2.24) is 0 Å². The van der Waals surface area contributed by atoms with Crippen molar-refractivity contribution in [2.24, 2.45) is 0 Å². The van der Waals surface area contributed by atoms with E-state index < -0.39 is 5.78 Å². The molecule has 0 saturated carbocycles. The normalized spacial score (nSPS) is 10.3. The molecule has 0 saturated heterocycles. The molecule has 0 atom stereocenters. The number of rotatable bonds is 2. The smallest absolute Gasteiger partial charge is 0.196 e. The largest absolute Gasteiger partial charge is 0.507 e. The molecule has 0 aliphatic carbocycles. The molecule has 3 nitrogen and oxygen atoms in total. The van der Waals surface area contributed by atoms with Crippen LogP contribution in [0.1, 0.15) is 15.9 Å². The van der Waals surface area contributed by atoms with E-state index in [0.29, 0.717) is 10.6 Å². The summed E-state index contributed by atoms with van der Waals surface area (Å²) >= 11 is 11.4. The summed E-state index contributed by atoms with van der Waals surface area (Å²) in [5.41, 5.74) is 0.400. The van der Waals surface area contributed by atoms with Crippen molar-refractivity contribution >= 4 is 29.0 Å². The first-order valence-electron chi connectivity index (χ1n) is 5.01. The van der Waals surface area contributed by atoms with Crippen LogP contribution in [0.2, 0.25) is 10.0 Å². The topological polar surface area (TPSA) is 57.5 Å². The Morgan fingerprint density at radius 1 is 0.944 bits per heavy atom. The van der Waals surface area contributed by atoms with Crippen LogP contribution in [0.5, 0.6) is 11.5 Å². The molecule has 5 heteroatoms. The van der Waals surface area contributed by atoms with Crippen LogP contribution >= 0.6 is 23.2 Å². The van der Waals surface area contributed by atoms with Crippen LogP contribution in [0.3, 0.4) is 0 Å². The number of ketones is 1. The molecule has 0 amide bonds. The van der Waals surface area contributed by atoms with Gasteiger partial charge in [0.15, 0.2) is 5.78 Å². The third-order valence-corrected chi connectivity index (χ3v) is 2.97. The van der Waals surface area contributed by atoms with Crippen LogP contribution in [0.15, 0.2) is 36.4 Å². The average molecular weight is 283 g/mol. The van der Waals surface area contributed by atoms with E-state index in [4.69, 9.17) is 23.2 Å². The van der Waals surface area contributed by atoms with Crippen LogP contribution in [-0.2, 0) is 0 Å². The molecular weight excluding hydrogens is 275 g/mol. The van der Waals surface area contributed by atoms with E-state index >= 15 is 0 Å². The summed E-state index contributed by atoms with van der Waals surface area (Å²) in [6, 6.07) is 8.51. The van der Waals surface area contributed by atoms with Crippen molar-refractivity contribution in [3.63, 3.8) is 0 Å². The maximum atomic E-state index is 12.1. The first kappa shape index (κ1) is 12.7. The fourth-order valence-electron chi connectivity index (χ4n) is 1.49. The Balaban J connectivity index is 2.46. The second kappa shape index (κ2) is 4.88. The molecule has 0 bridgehead atoms. The van der Waals surface area contributed by atoms with Gasteiger partial charge in [-0.3, -0.25) is 4.79 Å². The zero-order valence-corrected chi connectivity index (χ0v) is 10.5. The minimum atomic E-state index is -0.397. The molecule has 2 N–H and O–H groups in total. The first-order chi connectivity index (χ1) is 8.49. The van der Waals surface area contributed by atoms with Gasteiger partial charge in [0.2, 0.25) is 0 Å². The van der Waals surface area contributed by atoms with Gasteiger partial charge in [-0.05, 0) is 30.3 Å². The lowest BCUT2D eigenvalue weighted by Gasteiger charge is -2.06. The highest BCUT2D eigenvalue weighted by atomic mass is 35.5. The lowest BCUT2D eigenvalue weighted by Crippen LogP contribution is -2.01. The van der Waals surface area contributed by atoms with E-state index in [2.05, 4.69) is 0 Å². The van der Waals surface area contributed by atoms with Gasteiger partial charge in [-0.15, -0.1) is 0 Å². The summed E-state index contributed by atoms with van der Waals surface area (Å²) in [5, 5.41) is 19.4. The van der Waals surface area contributed by atoms with Gasteiger partial charge in [-0.1, -0.05) is 23.2 Å². The van der Waals surface area contributed by atoms with Gasteiger partial charge in [-0.25, -0.2) is 0 Å². The molecule has 0 aliphatic heterocycles. The minimum absolute atomic E-state index is 0.00473. The molecule has 2 rings (SSSR count). The van der Waals surface area contributed by atoms with E-state index in [-0.39, 0.29) is 22.1 Å². The Bertz CT molecular complexity index is 606. The highest BCUT2D eigenvalue weighted by molar-refractivity contribution is 6.33. The summed E-state index contributed by atoms with van der Waals surface area (Å²) in [4.78, 5) is 12.1. The Morgan fingerprint density at radius 3 is 2.17 bits per heavy atom. The molecule has 2 aromatic rings. The predicted octanol–water partition coefficient (Wildman–Crippen LogP) is 3.64. The molecule has 0 aromatic heterocycles. The molecule has 92 valence electrons. The second-order valence-corrected chi connectivity index (χ2v) is 4.50. The van der Waals surface area contributed by atoms with Gasteiger partial charge >= 0.3 is 0 Å². The van der Waals surface area contributed by atoms with Gasteiger partial charge < -0.3 is 10.2 Å². The van der Waals surface area contributed by atoms with Crippen molar-refractivity contribution in [3.8, 4) is 11.5 Å². The number of phenolic OH excluding ortho intramolecular Hbond substituents is 2. The van der Waals surface area contributed by atoms with Crippen LogP contribution in [-0.4, -0.2) is 16.0 Å². The molecule has 0 aliphatic rings. The monoisotopic (exact) mass is 282 g/mol. The Kier molecular flexibility index (Phi) is 3.45. The van der Waals surface area contributed by atoms with E-state index in [9.17, 15) is 15.0 Å². The number of phenols is 2. The van der Waals surface area contributed by atoms with Gasteiger partial charge in [0, 0.05) is 16.7 Å². The molecule has 0 spiro atoms. The molecular formula is C13H8Cl2O3. The van der Waals surface area contributed by atoms with Crippen LogP contribution in [0.4, 0.5) is 0 Å². The summed E-state index contributed by atoms with van der Waals surface area (Å²) < 4.78 is 0. The van der Waals surface area contributed by atoms with Gasteiger partial charge in [0.05, 0.1) is 10.6 Å². The van der Waals surface area contributed by atoms with Crippen molar-refractivity contribution in [3.05, 3.63) is 57.6 Å². The quantitative estimate of drug-likeness (QED) is 0.827. The number of carbonyl (C=O) groups is 1. The number of carbonyl (C=O) groups excluding carboxylic acids is 1. The van der Waals surface area contributed by atoms with Crippen molar-refractivity contribution in [1.29, 1.82) is 0 Å². The maximum absolute atomic E-state index is 12.1. The number of benzene rings is 2. The summed E-state index contributed by atoms with van der Waals surface area (Å²) in [6.45, 7) is 0. The fourth-order valence-corrected chi connectivity index (χ4v) is 1.78. The Morgan fingerprint density at radius 2 is 1.56 bits per heavy atom. The van der Waals surface area contributed by atoms with Crippen LogP contribution < -0.4 is 0 Å². The first-order valence-corrected chi connectivity index (χ1v) is 5.76. The third-order valence-electron chi connectivity index (χ3n) is 2.42. The maximum Gasteiger partial charge on any atom is 0.196 e. The van der Waals surface area contributed by atoms with Gasteiger partial charge in [0.25, 0.3) is 0 Å². The zero-order chi connectivity index (χ0) is 13.3. The lowest BCUT2D eigenvalue weighted by atomic mass is 10.0. The molecule has 0 heterocycles. The number of halogens is 2. The van der Waals surface area contributed by atoms with E-state index in [0.717, 1.165) is 6.07 Å². The van der Waals surface area contributed by atoms with E-state index in [1.165, 1.54) is 6.07 Å². The van der Waals surface area contributed by atoms with Gasteiger partial charge in [0.1, 0.15) is 11.5 Å². The average Bonchev–Trinajstić information content (AvgIpc) is 2.34. The molecule has 2 aromatic carbocycles. The molecule has 0 fully saturated rings. The third kappa shape index (κ3) is 2.42. The Hall–Kier alpha value is -1.71. The predicted molar refractivity (Wildman–Crippen MR) is 69.7 cm³/mol. The summed E-state index contributed by atoms with van der Waals surface area (Å²) in [5.74, 6) is -0.996. The number of aromatic hydroxyl groups is 2. The lowest BCUT2D eigenvalue weighted by molar-refractivity contribution is 0.103. The molecule has 0 unspecified atom stereocenters. The van der Waals surface area contributed by atoms with E-state index in [1.54, 1.807) is 24.3 Å². The molecule has 18 heavy (non-hydrogen) atoms. The highest BCUT2D eigenvalue weighted by Crippen LogP contribution is 2.32. The fraction of sp³-hybridized carbons (Fsp3) is 0. The van der Waals surface area contributed by atoms with Crippen LogP contribution in [0.25, 0.3) is 0 Å². The van der Waals surface area contributed by atoms with Crippen molar-refractivity contribution in [2.75, 3.05) is 0 Å². The van der Waals surface area contributed by atoms with Gasteiger partial charge in [-0.2, -0.15) is 0 Å². The summed E-state index contributed by atoms with van der Waals surface area (Å²) in [6.07, 6.45) is 0. The SMILES string of the molecule is O=C(c1ccc(Cl)cc1)c1cc(Cl)c(O)cc1O. The summed E-state index contributed by atoms with van der Waals surface area (Å²) in [7, 11) is 0. The van der Waals surface area contributed by atoms with Crippen molar-refractivity contribution in [2.45, 2.75) is 0 Å². The molecule has 0 radical (unpaired) electrons. The number of hydrogen-bond acceptors (Lipinski definition) is 3. The zero-order valence-electron chi connectivity index (χ0n) is 9.02. The van der Waals surface area contributed by atoms with Crippen LogP contribution in [0, 0.1) is 0 Å². The second-order valence-electron chi connectivity index (χ2n) is 3.66. The van der Waals surface area contributed by atoms with Crippen molar-refractivity contribution < 1.29 is 15.0 Å². The number of hydrogen-bond donors (Lipinski definition) is 2. The minimum Gasteiger partial charge on any atom is -0.507 e. The Labute approximate surface area is 113 Å².